The van der Waals surface area contributed by atoms with Gasteiger partial charge in [-0.05, 0) is 37.1 Å². The number of hydrogen-bond donors (Lipinski definition) is 1. The van der Waals surface area contributed by atoms with Crippen molar-refractivity contribution in [2.45, 2.75) is 53.4 Å². The molecule has 6 heteroatoms. The minimum Gasteiger partial charge on any atom is -0.512 e. The molecular formula is C26H32IrNO3S-. The van der Waals surface area contributed by atoms with Gasteiger partial charge in [0, 0.05) is 66.1 Å². The number of carbonyl (C=O) groups excluding carboxylic acids is 1. The Bertz CT molecular complexity index is 963. The zero-order valence-corrected chi connectivity index (χ0v) is 22.3. The number of rotatable bonds is 9. The van der Waals surface area contributed by atoms with Gasteiger partial charge in [-0.25, -0.2) is 4.98 Å². The molecule has 0 fully saturated rings. The number of ketones is 1. The van der Waals surface area contributed by atoms with E-state index in [4.69, 9.17) is 4.74 Å². The van der Waals surface area contributed by atoms with Crippen molar-refractivity contribution in [2.75, 3.05) is 0 Å². The fraction of sp³-hybridized carbons (Fsp3) is 0.385. The van der Waals surface area contributed by atoms with Gasteiger partial charge in [0.2, 0.25) is 5.88 Å². The van der Waals surface area contributed by atoms with Crippen molar-refractivity contribution in [1.29, 1.82) is 0 Å². The topological polar surface area (TPSA) is 59.4 Å². The van der Waals surface area contributed by atoms with Gasteiger partial charge in [0.1, 0.15) is 0 Å². The molecule has 0 atom stereocenters. The Balaban J connectivity index is 0.000000312. The third-order valence-electron chi connectivity index (χ3n) is 5.29. The number of fused-ring (bicyclic) bond motifs is 1. The van der Waals surface area contributed by atoms with Gasteiger partial charge in [0.05, 0.1) is 5.76 Å². The van der Waals surface area contributed by atoms with E-state index in [-0.39, 0.29) is 43.5 Å². The second-order valence-corrected chi connectivity index (χ2v) is 8.26. The molecule has 0 spiro atoms. The van der Waals surface area contributed by atoms with E-state index in [9.17, 15) is 9.90 Å². The summed E-state index contributed by atoms with van der Waals surface area (Å²) < 4.78 is 6.78. The number of ether oxygens (including phenoxy) is 1. The van der Waals surface area contributed by atoms with Crippen LogP contribution in [0.4, 0.5) is 0 Å². The minimum absolute atomic E-state index is 0. The molecule has 175 valence electrons. The van der Waals surface area contributed by atoms with Crippen molar-refractivity contribution in [2.24, 2.45) is 11.8 Å². The second-order valence-electron chi connectivity index (χ2n) is 7.31. The van der Waals surface area contributed by atoms with Crippen LogP contribution in [0.3, 0.4) is 0 Å². The van der Waals surface area contributed by atoms with Crippen LogP contribution in [0.15, 0.2) is 59.8 Å². The maximum absolute atomic E-state index is 11.7. The number of hydrogen-bond acceptors (Lipinski definition) is 5. The molecule has 2 heterocycles. The molecule has 2 aromatic heterocycles. The number of benzene rings is 1. The molecule has 0 saturated carbocycles. The predicted molar refractivity (Wildman–Crippen MR) is 129 cm³/mol. The fourth-order valence-electron chi connectivity index (χ4n) is 3.23. The predicted octanol–water partition coefficient (Wildman–Crippen LogP) is 7.76. The van der Waals surface area contributed by atoms with Gasteiger partial charge < -0.3 is 9.84 Å². The van der Waals surface area contributed by atoms with E-state index in [2.05, 4.69) is 11.1 Å². The molecule has 0 aliphatic heterocycles. The monoisotopic (exact) mass is 631 g/mol. The number of thiophene rings is 1. The van der Waals surface area contributed by atoms with E-state index in [1.807, 2.05) is 75.7 Å². The maximum atomic E-state index is 11.7. The average Bonchev–Trinajstić information content (AvgIpc) is 3.24. The Hall–Kier alpha value is -2.01. The average molecular weight is 631 g/mol. The number of carbonyl (C=O) groups is 1. The van der Waals surface area contributed by atoms with Crippen molar-refractivity contribution in [1.82, 2.24) is 4.98 Å². The quantitative estimate of drug-likeness (QED) is 0.149. The summed E-state index contributed by atoms with van der Waals surface area (Å²) in [5.74, 6) is 1.84. The van der Waals surface area contributed by atoms with Crippen LogP contribution in [0.25, 0.3) is 10.1 Å². The zero-order valence-electron chi connectivity index (χ0n) is 19.1. The maximum Gasteiger partial charge on any atom is 0.218 e. The van der Waals surface area contributed by atoms with E-state index in [0.29, 0.717) is 11.6 Å². The molecule has 4 nitrogen and oxygen atoms in total. The standard InChI is InChI=1S/C13H8NOS.C13H24O2.Ir/c1-2-4-11(5-3-1)15-13-8-12-10(9-14-13)6-7-16-12;1-5-10(6-2)12(14)9-13(15)11(7-3)8-4;/h1-4,6-9H;9-11,14H,5-8H2,1-4H3;/q-1;;/b;12-9-;. The summed E-state index contributed by atoms with van der Waals surface area (Å²) in [4.78, 5) is 16.0. The Kier molecular flexibility index (Phi) is 13.1. The third-order valence-corrected chi connectivity index (χ3v) is 6.17. The van der Waals surface area contributed by atoms with Gasteiger partial charge in [-0.2, -0.15) is 18.2 Å². The van der Waals surface area contributed by atoms with Gasteiger partial charge in [-0.3, -0.25) is 4.79 Å². The Morgan fingerprint density at radius 3 is 2.41 bits per heavy atom. The first-order chi connectivity index (χ1) is 15.0. The first kappa shape index (κ1) is 28.0. The van der Waals surface area contributed by atoms with E-state index in [1.54, 1.807) is 11.3 Å². The van der Waals surface area contributed by atoms with E-state index in [0.717, 1.165) is 31.1 Å². The van der Waals surface area contributed by atoms with Gasteiger partial charge in [-0.1, -0.05) is 27.7 Å². The van der Waals surface area contributed by atoms with E-state index in [1.165, 1.54) is 10.8 Å². The second kappa shape index (κ2) is 14.9. The number of allylic oxidation sites excluding steroid dienone is 2. The molecular weight excluding hydrogens is 599 g/mol. The van der Waals surface area contributed by atoms with Crippen LogP contribution < -0.4 is 4.74 Å². The number of aromatic nitrogens is 1. The minimum atomic E-state index is 0. The number of para-hydroxylation sites is 1. The SMILES string of the molecule is CCC(CC)C(=O)/C=C(\O)C(CC)CC.[Ir].[c-]1ccccc1Oc1cc2sccc2cn1. The molecule has 1 radical (unpaired) electrons. The van der Waals surface area contributed by atoms with Crippen LogP contribution in [-0.2, 0) is 24.9 Å². The summed E-state index contributed by atoms with van der Waals surface area (Å²) >= 11 is 1.68. The molecule has 0 bridgehead atoms. The molecule has 32 heavy (non-hydrogen) atoms. The molecule has 1 aromatic carbocycles. The summed E-state index contributed by atoms with van der Waals surface area (Å²) in [5, 5.41) is 13.0. The molecule has 3 rings (SSSR count). The van der Waals surface area contributed by atoms with Crippen molar-refractivity contribution in [3.05, 3.63) is 65.9 Å². The van der Waals surface area contributed by atoms with Crippen LogP contribution in [0.1, 0.15) is 53.4 Å². The summed E-state index contributed by atoms with van der Waals surface area (Å²) in [6.45, 7) is 8.07. The molecule has 0 saturated heterocycles. The van der Waals surface area contributed by atoms with Crippen molar-refractivity contribution < 1.29 is 34.7 Å². The molecule has 1 N–H and O–H groups in total. The summed E-state index contributed by atoms with van der Waals surface area (Å²) in [6.07, 6.45) is 6.73. The summed E-state index contributed by atoms with van der Waals surface area (Å²) in [5.41, 5.74) is 0. The van der Waals surface area contributed by atoms with Crippen molar-refractivity contribution >= 4 is 27.2 Å². The van der Waals surface area contributed by atoms with E-state index >= 15 is 0 Å². The van der Waals surface area contributed by atoms with Crippen LogP contribution in [0, 0.1) is 17.9 Å². The van der Waals surface area contributed by atoms with E-state index < -0.39 is 0 Å². The van der Waals surface area contributed by atoms with Gasteiger partial charge in [0.25, 0.3) is 0 Å². The number of pyridine rings is 1. The van der Waals surface area contributed by atoms with Crippen LogP contribution in [0.5, 0.6) is 11.6 Å². The van der Waals surface area contributed by atoms with Crippen LogP contribution >= 0.6 is 11.3 Å². The molecule has 0 unspecified atom stereocenters. The smallest absolute Gasteiger partial charge is 0.218 e. The van der Waals surface area contributed by atoms with Crippen LogP contribution in [-0.4, -0.2) is 15.9 Å². The van der Waals surface area contributed by atoms with Crippen molar-refractivity contribution in [3.8, 4) is 11.6 Å². The Labute approximate surface area is 209 Å². The van der Waals surface area contributed by atoms with Gasteiger partial charge in [0.15, 0.2) is 5.78 Å². The first-order valence-electron chi connectivity index (χ1n) is 10.9. The fourth-order valence-corrected chi connectivity index (χ4v) is 4.01. The normalized spacial score (nSPS) is 11.1. The summed E-state index contributed by atoms with van der Waals surface area (Å²) in [7, 11) is 0. The third kappa shape index (κ3) is 8.50. The van der Waals surface area contributed by atoms with Gasteiger partial charge in [-0.15, -0.1) is 23.5 Å². The number of nitrogens with zero attached hydrogens (tertiary/aromatic N) is 1. The Morgan fingerprint density at radius 2 is 1.81 bits per heavy atom. The van der Waals surface area contributed by atoms with Crippen LogP contribution in [0.2, 0.25) is 0 Å². The molecule has 0 amide bonds. The molecule has 0 aliphatic carbocycles. The molecule has 0 aliphatic rings. The zero-order chi connectivity index (χ0) is 22.6. The largest absolute Gasteiger partial charge is 0.512 e. The first-order valence-corrected chi connectivity index (χ1v) is 11.8. The summed E-state index contributed by atoms with van der Waals surface area (Å²) in [6, 6.07) is 14.5. The Morgan fingerprint density at radius 1 is 1.12 bits per heavy atom. The van der Waals surface area contributed by atoms with Crippen molar-refractivity contribution in [3.63, 3.8) is 0 Å². The van der Waals surface area contributed by atoms with Gasteiger partial charge >= 0.3 is 0 Å². The number of aliphatic hydroxyl groups excluding tert-OH is 1. The number of aliphatic hydroxyl groups is 1. The molecule has 3 aromatic rings.